The van der Waals surface area contributed by atoms with Gasteiger partial charge in [0.15, 0.2) is 0 Å². The Labute approximate surface area is 99.9 Å². The molecule has 2 heterocycles. The predicted octanol–water partition coefficient (Wildman–Crippen LogP) is 1.78. The molecule has 0 aromatic carbocycles. The minimum absolute atomic E-state index is 0.605. The van der Waals surface area contributed by atoms with Crippen molar-refractivity contribution in [1.29, 1.82) is 0 Å². The average Bonchev–Trinajstić information content (AvgIpc) is 2.88. The van der Waals surface area contributed by atoms with E-state index in [0.29, 0.717) is 6.42 Å². The molecule has 0 bridgehead atoms. The second-order valence-corrected chi connectivity index (χ2v) is 4.84. The molecule has 0 spiro atoms. The fraction of sp³-hybridized carbons (Fsp3) is 0.462. The van der Waals surface area contributed by atoms with Gasteiger partial charge in [-0.3, -0.25) is 4.68 Å². The van der Waals surface area contributed by atoms with Crippen LogP contribution >= 0.6 is 0 Å². The van der Waals surface area contributed by atoms with Crippen LogP contribution in [0.2, 0.25) is 0 Å². The fourth-order valence-corrected chi connectivity index (χ4v) is 2.71. The number of fused-ring (bicyclic) bond motifs is 1. The molecule has 4 heteroatoms. The molecular weight excluding hydrogens is 216 g/mol. The Kier molecular flexibility index (Phi) is 2.33. The number of aliphatic hydroxyl groups is 1. The molecule has 17 heavy (non-hydrogen) atoms. The molecule has 1 unspecified atom stereocenters. The van der Waals surface area contributed by atoms with Crippen molar-refractivity contribution in [3.05, 3.63) is 41.6 Å². The quantitative estimate of drug-likeness (QED) is 0.858. The molecular formula is C13H16N2O2. The van der Waals surface area contributed by atoms with Crippen LogP contribution in [-0.4, -0.2) is 14.9 Å². The summed E-state index contributed by atoms with van der Waals surface area (Å²) in [5.41, 5.74) is 1.22. The summed E-state index contributed by atoms with van der Waals surface area (Å²) < 4.78 is 7.18. The second-order valence-electron chi connectivity index (χ2n) is 4.84. The molecule has 90 valence electrons. The minimum Gasteiger partial charge on any atom is -0.469 e. The van der Waals surface area contributed by atoms with Gasteiger partial charge < -0.3 is 9.52 Å². The molecule has 1 atom stereocenters. The van der Waals surface area contributed by atoms with E-state index in [1.807, 2.05) is 25.5 Å². The Morgan fingerprint density at radius 3 is 3.24 bits per heavy atom. The van der Waals surface area contributed by atoms with Crippen molar-refractivity contribution in [3.8, 4) is 0 Å². The van der Waals surface area contributed by atoms with Crippen LogP contribution in [0.5, 0.6) is 0 Å². The van der Waals surface area contributed by atoms with Crippen LogP contribution in [0.1, 0.15) is 29.7 Å². The molecule has 0 radical (unpaired) electrons. The summed E-state index contributed by atoms with van der Waals surface area (Å²) in [7, 11) is 1.89. The Morgan fingerprint density at radius 2 is 2.47 bits per heavy atom. The van der Waals surface area contributed by atoms with Gasteiger partial charge in [-0.1, -0.05) is 0 Å². The van der Waals surface area contributed by atoms with Gasteiger partial charge in [-0.05, 0) is 24.5 Å². The number of rotatable bonds is 2. The standard InChI is InChI=1S/C13H16N2O2/c1-15-9-10(8-14-15)7-13(16)5-2-3-12-11(13)4-6-17-12/h4,6,8-9,16H,2-3,5,7H2,1H3. The summed E-state index contributed by atoms with van der Waals surface area (Å²) in [5, 5.41) is 14.9. The van der Waals surface area contributed by atoms with E-state index in [-0.39, 0.29) is 0 Å². The third-order valence-corrected chi connectivity index (χ3v) is 3.50. The maximum Gasteiger partial charge on any atom is 0.109 e. The lowest BCUT2D eigenvalue weighted by Crippen LogP contribution is -2.32. The Bertz CT molecular complexity index is 529. The highest BCUT2D eigenvalue weighted by molar-refractivity contribution is 5.29. The van der Waals surface area contributed by atoms with E-state index in [1.165, 1.54) is 0 Å². The van der Waals surface area contributed by atoms with Crippen molar-refractivity contribution in [1.82, 2.24) is 9.78 Å². The van der Waals surface area contributed by atoms with Crippen molar-refractivity contribution in [2.75, 3.05) is 0 Å². The molecule has 0 amide bonds. The smallest absolute Gasteiger partial charge is 0.109 e. The molecule has 1 aliphatic rings. The van der Waals surface area contributed by atoms with Gasteiger partial charge in [0.1, 0.15) is 5.76 Å². The van der Waals surface area contributed by atoms with E-state index in [4.69, 9.17) is 4.42 Å². The molecule has 3 rings (SSSR count). The number of aryl methyl sites for hydroxylation is 2. The highest BCUT2D eigenvalue weighted by Gasteiger charge is 2.36. The summed E-state index contributed by atoms with van der Waals surface area (Å²) in [5.74, 6) is 0.933. The number of hydrogen-bond donors (Lipinski definition) is 1. The first-order valence-corrected chi connectivity index (χ1v) is 5.94. The summed E-state index contributed by atoms with van der Waals surface area (Å²) >= 11 is 0. The van der Waals surface area contributed by atoms with E-state index < -0.39 is 5.60 Å². The number of aromatic nitrogens is 2. The first kappa shape index (κ1) is 10.6. The van der Waals surface area contributed by atoms with Gasteiger partial charge in [0, 0.05) is 31.6 Å². The first-order valence-electron chi connectivity index (χ1n) is 5.94. The van der Waals surface area contributed by atoms with Crippen LogP contribution in [0.4, 0.5) is 0 Å². The topological polar surface area (TPSA) is 51.2 Å². The van der Waals surface area contributed by atoms with Crippen LogP contribution in [0, 0.1) is 0 Å². The maximum absolute atomic E-state index is 10.8. The third-order valence-electron chi connectivity index (χ3n) is 3.50. The van der Waals surface area contributed by atoms with Gasteiger partial charge >= 0.3 is 0 Å². The van der Waals surface area contributed by atoms with E-state index in [0.717, 1.165) is 36.1 Å². The van der Waals surface area contributed by atoms with Gasteiger partial charge in [0.05, 0.1) is 18.1 Å². The zero-order valence-electron chi connectivity index (χ0n) is 9.89. The van der Waals surface area contributed by atoms with Gasteiger partial charge in [-0.25, -0.2) is 0 Å². The largest absolute Gasteiger partial charge is 0.469 e. The highest BCUT2D eigenvalue weighted by atomic mass is 16.3. The van der Waals surface area contributed by atoms with Crippen LogP contribution in [0.15, 0.2) is 29.1 Å². The predicted molar refractivity (Wildman–Crippen MR) is 62.5 cm³/mol. The average molecular weight is 232 g/mol. The third kappa shape index (κ3) is 1.78. The molecule has 0 aliphatic heterocycles. The summed E-state index contributed by atoms with van der Waals surface area (Å²) in [6.45, 7) is 0. The van der Waals surface area contributed by atoms with E-state index >= 15 is 0 Å². The van der Waals surface area contributed by atoms with Gasteiger partial charge in [0.25, 0.3) is 0 Å². The number of hydrogen-bond acceptors (Lipinski definition) is 3. The van der Waals surface area contributed by atoms with Crippen LogP contribution in [0.25, 0.3) is 0 Å². The Balaban J connectivity index is 1.92. The zero-order chi connectivity index (χ0) is 11.9. The Hall–Kier alpha value is -1.55. The van der Waals surface area contributed by atoms with Gasteiger partial charge in [0.2, 0.25) is 0 Å². The molecule has 0 fully saturated rings. The molecule has 2 aromatic rings. The highest BCUT2D eigenvalue weighted by Crippen LogP contribution is 2.38. The van der Waals surface area contributed by atoms with Crippen LogP contribution < -0.4 is 0 Å². The van der Waals surface area contributed by atoms with Gasteiger partial charge in [-0.15, -0.1) is 0 Å². The van der Waals surface area contributed by atoms with Gasteiger partial charge in [-0.2, -0.15) is 5.10 Å². The summed E-state index contributed by atoms with van der Waals surface area (Å²) in [6, 6.07) is 1.89. The van der Waals surface area contributed by atoms with Crippen molar-refractivity contribution in [2.24, 2.45) is 7.05 Å². The van der Waals surface area contributed by atoms with Crippen LogP contribution in [0.3, 0.4) is 0 Å². The minimum atomic E-state index is -0.788. The van der Waals surface area contributed by atoms with Crippen molar-refractivity contribution >= 4 is 0 Å². The molecule has 0 saturated carbocycles. The summed E-state index contributed by atoms with van der Waals surface area (Å²) in [6.07, 6.45) is 8.72. The second kappa shape index (κ2) is 3.74. The van der Waals surface area contributed by atoms with E-state index in [9.17, 15) is 5.11 Å². The zero-order valence-corrected chi connectivity index (χ0v) is 9.89. The van der Waals surface area contributed by atoms with E-state index in [2.05, 4.69) is 5.10 Å². The molecule has 1 N–H and O–H groups in total. The summed E-state index contributed by atoms with van der Waals surface area (Å²) in [4.78, 5) is 0. The van der Waals surface area contributed by atoms with E-state index in [1.54, 1.807) is 10.9 Å². The lowest BCUT2D eigenvalue weighted by Gasteiger charge is -2.31. The molecule has 0 saturated heterocycles. The van der Waals surface area contributed by atoms with Crippen molar-refractivity contribution in [3.63, 3.8) is 0 Å². The van der Waals surface area contributed by atoms with Crippen molar-refractivity contribution in [2.45, 2.75) is 31.3 Å². The fourth-order valence-electron chi connectivity index (χ4n) is 2.71. The number of furan rings is 1. The SMILES string of the molecule is Cn1cc(CC2(O)CCCc3occc32)cn1. The molecule has 2 aromatic heterocycles. The lowest BCUT2D eigenvalue weighted by molar-refractivity contribution is 0.0168. The van der Waals surface area contributed by atoms with Crippen molar-refractivity contribution < 1.29 is 9.52 Å². The monoisotopic (exact) mass is 232 g/mol. The first-order chi connectivity index (χ1) is 8.17. The normalized spacial score (nSPS) is 23.6. The molecule has 1 aliphatic carbocycles. The Morgan fingerprint density at radius 1 is 1.59 bits per heavy atom. The lowest BCUT2D eigenvalue weighted by atomic mass is 9.79. The number of nitrogens with zero attached hydrogens (tertiary/aromatic N) is 2. The molecule has 4 nitrogen and oxygen atoms in total. The maximum atomic E-state index is 10.8. The van der Waals surface area contributed by atoms with Crippen LogP contribution in [-0.2, 0) is 25.5 Å².